The van der Waals surface area contributed by atoms with E-state index in [1.807, 2.05) is 25.2 Å². The maximum atomic E-state index is 12.2. The number of sulfone groups is 1. The number of hydrogen-bond acceptors (Lipinski definition) is 4. The van der Waals surface area contributed by atoms with Gasteiger partial charge in [0.1, 0.15) is 0 Å². The third-order valence-corrected chi connectivity index (χ3v) is 7.03. The van der Waals surface area contributed by atoms with Gasteiger partial charge < -0.3 is 5.32 Å². The van der Waals surface area contributed by atoms with E-state index in [9.17, 15) is 8.42 Å². The Bertz CT molecular complexity index is 619. The normalized spacial score (nSPS) is 28.0. The lowest BCUT2D eigenvalue weighted by Crippen LogP contribution is -2.51. The number of likely N-dealkylation sites (tertiary alicyclic amines) is 1. The van der Waals surface area contributed by atoms with Crippen molar-refractivity contribution in [3.05, 3.63) is 29.8 Å². The first-order valence-electron chi connectivity index (χ1n) is 7.70. The summed E-state index contributed by atoms with van der Waals surface area (Å²) in [6.07, 6.45) is 2.93. The summed E-state index contributed by atoms with van der Waals surface area (Å²) in [6.45, 7) is 4.32. The number of nitrogens with zero attached hydrogens (tertiary/aromatic N) is 1. The SMILES string of the molecule is CNC1(C)CCN(C2CCS(=O)(=O)c3ccccc32)CC1. The van der Waals surface area contributed by atoms with Gasteiger partial charge in [-0.05, 0) is 44.9 Å². The van der Waals surface area contributed by atoms with E-state index in [0.717, 1.165) is 37.9 Å². The highest BCUT2D eigenvalue weighted by Gasteiger charge is 2.36. The molecule has 2 aliphatic rings. The molecule has 0 saturated carbocycles. The van der Waals surface area contributed by atoms with Crippen molar-refractivity contribution in [1.29, 1.82) is 0 Å². The molecule has 0 aromatic heterocycles. The van der Waals surface area contributed by atoms with E-state index in [0.29, 0.717) is 4.90 Å². The second-order valence-corrected chi connectivity index (χ2v) is 8.59. The molecule has 1 N–H and O–H groups in total. The lowest BCUT2D eigenvalue weighted by atomic mass is 9.88. The summed E-state index contributed by atoms with van der Waals surface area (Å²) in [5, 5.41) is 3.41. The van der Waals surface area contributed by atoms with Crippen LogP contribution in [-0.2, 0) is 9.84 Å². The minimum atomic E-state index is -3.08. The third-order valence-electron chi connectivity index (χ3n) is 5.22. The quantitative estimate of drug-likeness (QED) is 0.907. The van der Waals surface area contributed by atoms with E-state index in [-0.39, 0.29) is 17.3 Å². The molecule has 1 atom stereocenters. The van der Waals surface area contributed by atoms with Crippen LogP contribution in [0.2, 0.25) is 0 Å². The Morgan fingerprint density at radius 2 is 1.90 bits per heavy atom. The van der Waals surface area contributed by atoms with Gasteiger partial charge >= 0.3 is 0 Å². The summed E-state index contributed by atoms with van der Waals surface area (Å²) in [7, 11) is -1.05. The monoisotopic (exact) mass is 308 g/mol. The zero-order valence-electron chi connectivity index (χ0n) is 12.8. The molecule has 1 unspecified atom stereocenters. The number of benzene rings is 1. The molecule has 2 aliphatic heterocycles. The number of fused-ring (bicyclic) bond motifs is 1. The Morgan fingerprint density at radius 3 is 2.57 bits per heavy atom. The topological polar surface area (TPSA) is 49.4 Å². The predicted octanol–water partition coefficient (Wildman–Crippen LogP) is 1.98. The molecular formula is C16H24N2O2S. The van der Waals surface area contributed by atoms with Crippen LogP contribution in [0.4, 0.5) is 0 Å². The maximum absolute atomic E-state index is 12.2. The Hall–Kier alpha value is -0.910. The van der Waals surface area contributed by atoms with Crippen molar-refractivity contribution in [3.8, 4) is 0 Å². The molecule has 2 heterocycles. The van der Waals surface area contributed by atoms with Crippen LogP contribution in [0.25, 0.3) is 0 Å². The third kappa shape index (κ3) is 2.74. The van der Waals surface area contributed by atoms with Crippen molar-refractivity contribution < 1.29 is 8.42 Å². The Labute approximate surface area is 127 Å². The van der Waals surface area contributed by atoms with Gasteiger partial charge in [-0.3, -0.25) is 4.90 Å². The molecule has 0 spiro atoms. The van der Waals surface area contributed by atoms with Gasteiger partial charge in [-0.25, -0.2) is 8.42 Å². The van der Waals surface area contributed by atoms with E-state index >= 15 is 0 Å². The minimum absolute atomic E-state index is 0.219. The second kappa shape index (κ2) is 5.38. The second-order valence-electron chi connectivity index (χ2n) is 6.51. The molecule has 4 nitrogen and oxygen atoms in total. The average molecular weight is 308 g/mol. The van der Waals surface area contributed by atoms with E-state index in [1.165, 1.54) is 0 Å². The Morgan fingerprint density at radius 1 is 1.24 bits per heavy atom. The van der Waals surface area contributed by atoms with E-state index in [1.54, 1.807) is 6.07 Å². The minimum Gasteiger partial charge on any atom is -0.314 e. The summed E-state index contributed by atoms with van der Waals surface area (Å²) in [5.41, 5.74) is 1.22. The molecule has 0 radical (unpaired) electrons. The number of hydrogen-bond donors (Lipinski definition) is 1. The van der Waals surface area contributed by atoms with Crippen molar-refractivity contribution in [2.24, 2.45) is 0 Å². The highest BCUT2D eigenvalue weighted by molar-refractivity contribution is 7.91. The van der Waals surface area contributed by atoms with Gasteiger partial charge in [-0.1, -0.05) is 18.2 Å². The zero-order valence-corrected chi connectivity index (χ0v) is 13.6. The van der Waals surface area contributed by atoms with Crippen LogP contribution in [0.5, 0.6) is 0 Å². The largest absolute Gasteiger partial charge is 0.314 e. The van der Waals surface area contributed by atoms with Crippen LogP contribution in [-0.4, -0.2) is 44.7 Å². The number of nitrogens with one attached hydrogen (secondary N) is 1. The molecule has 1 aromatic carbocycles. The van der Waals surface area contributed by atoms with Gasteiger partial charge in [0.15, 0.2) is 9.84 Å². The van der Waals surface area contributed by atoms with Crippen LogP contribution in [0.15, 0.2) is 29.2 Å². The molecule has 21 heavy (non-hydrogen) atoms. The van der Waals surface area contributed by atoms with Crippen LogP contribution in [0.3, 0.4) is 0 Å². The molecule has 0 amide bonds. The fourth-order valence-electron chi connectivity index (χ4n) is 3.53. The van der Waals surface area contributed by atoms with Gasteiger partial charge in [0, 0.05) is 24.7 Å². The van der Waals surface area contributed by atoms with E-state index < -0.39 is 9.84 Å². The van der Waals surface area contributed by atoms with Crippen LogP contribution >= 0.6 is 0 Å². The Kier molecular flexibility index (Phi) is 3.84. The predicted molar refractivity (Wildman–Crippen MR) is 84.1 cm³/mol. The van der Waals surface area contributed by atoms with Crippen LogP contribution in [0.1, 0.15) is 37.8 Å². The zero-order chi connectivity index (χ0) is 15.1. The Balaban J connectivity index is 1.85. The van der Waals surface area contributed by atoms with Gasteiger partial charge in [0.05, 0.1) is 10.6 Å². The van der Waals surface area contributed by atoms with Crippen molar-refractivity contribution in [2.45, 2.75) is 42.7 Å². The smallest absolute Gasteiger partial charge is 0.178 e. The summed E-state index contributed by atoms with van der Waals surface area (Å²) < 4.78 is 24.4. The standard InChI is InChI=1S/C16H24N2O2S/c1-16(17-2)8-10-18(11-9-16)14-7-12-21(19,20)15-6-4-3-5-13(14)15/h3-6,14,17H,7-12H2,1-2H3. The van der Waals surface area contributed by atoms with E-state index in [4.69, 9.17) is 0 Å². The molecule has 5 heteroatoms. The highest BCUT2D eigenvalue weighted by Crippen LogP contribution is 2.38. The molecule has 3 rings (SSSR count). The van der Waals surface area contributed by atoms with Crippen LogP contribution < -0.4 is 5.32 Å². The number of piperidine rings is 1. The van der Waals surface area contributed by atoms with Crippen molar-refractivity contribution in [1.82, 2.24) is 10.2 Å². The summed E-state index contributed by atoms with van der Waals surface area (Å²) in [4.78, 5) is 3.01. The van der Waals surface area contributed by atoms with Crippen molar-refractivity contribution >= 4 is 9.84 Å². The summed E-state index contributed by atoms with van der Waals surface area (Å²) in [6, 6.07) is 7.79. The van der Waals surface area contributed by atoms with E-state index in [2.05, 4.69) is 17.1 Å². The summed E-state index contributed by atoms with van der Waals surface area (Å²) >= 11 is 0. The van der Waals surface area contributed by atoms with Gasteiger partial charge in [0.2, 0.25) is 0 Å². The highest BCUT2D eigenvalue weighted by atomic mass is 32.2. The fourth-order valence-corrected chi connectivity index (χ4v) is 5.13. The molecule has 116 valence electrons. The van der Waals surface area contributed by atoms with Crippen molar-refractivity contribution in [2.75, 3.05) is 25.9 Å². The van der Waals surface area contributed by atoms with Crippen LogP contribution in [0, 0.1) is 0 Å². The molecule has 1 aromatic rings. The molecular weight excluding hydrogens is 284 g/mol. The van der Waals surface area contributed by atoms with Gasteiger partial charge in [-0.2, -0.15) is 0 Å². The lowest BCUT2D eigenvalue weighted by molar-refractivity contribution is 0.105. The van der Waals surface area contributed by atoms with Gasteiger partial charge in [-0.15, -0.1) is 0 Å². The first-order chi connectivity index (χ1) is 9.95. The first-order valence-corrected chi connectivity index (χ1v) is 9.35. The fraction of sp³-hybridized carbons (Fsp3) is 0.625. The molecule has 0 aliphatic carbocycles. The lowest BCUT2D eigenvalue weighted by Gasteiger charge is -2.44. The molecule has 1 saturated heterocycles. The maximum Gasteiger partial charge on any atom is 0.178 e. The van der Waals surface area contributed by atoms with Gasteiger partial charge in [0.25, 0.3) is 0 Å². The first kappa shape index (κ1) is 15.0. The molecule has 0 bridgehead atoms. The summed E-state index contributed by atoms with van der Waals surface area (Å²) in [5.74, 6) is 0.272. The average Bonchev–Trinajstić information content (AvgIpc) is 2.49. The number of rotatable bonds is 2. The molecule has 1 fully saturated rings. The van der Waals surface area contributed by atoms with Crippen molar-refractivity contribution in [3.63, 3.8) is 0 Å².